The first-order valence-corrected chi connectivity index (χ1v) is 30.7. The van der Waals surface area contributed by atoms with Crippen molar-refractivity contribution in [3.63, 3.8) is 0 Å². The predicted octanol–water partition coefficient (Wildman–Crippen LogP) is 5.85. The highest BCUT2D eigenvalue weighted by atomic mass is 32.2. The van der Waals surface area contributed by atoms with E-state index in [0.717, 1.165) is 114 Å². The van der Waals surface area contributed by atoms with Crippen molar-refractivity contribution in [2.45, 2.75) is 90.9 Å². The number of rotatable bonds is 8. The second-order valence-electron chi connectivity index (χ2n) is 24.0. The summed E-state index contributed by atoms with van der Waals surface area (Å²) in [6.07, 6.45) is 19.6. The molecule has 0 spiro atoms. The number of ether oxygens (including phenoxy) is 1. The van der Waals surface area contributed by atoms with Gasteiger partial charge in [-0.1, -0.05) is 20.8 Å². The zero-order chi connectivity index (χ0) is 59.3. The molecule has 4 aromatic heterocycles. The van der Waals surface area contributed by atoms with Gasteiger partial charge in [0, 0.05) is 137 Å². The summed E-state index contributed by atoms with van der Waals surface area (Å²) in [7, 11) is 2.08. The van der Waals surface area contributed by atoms with Crippen LogP contribution >= 0.6 is 0 Å². The fourth-order valence-corrected chi connectivity index (χ4v) is 13.6. The number of sulfonamides is 1. The molecule has 6 fully saturated rings. The van der Waals surface area contributed by atoms with Gasteiger partial charge >= 0.3 is 6.03 Å². The standard InChI is InChI=1S/C15H23FN6O.C15H24FN3.C15H24N4O.C13H22N4O2S/c1-19-2-4-21(5-3-19)15(23)22-8-6-20(7-9-22)14-12(16)10-18-11-13(14)17;1-15(2,3)8-11-4-6-19(7-5-11)14-12(16)9-18-10-13(14)17;1-12-10-17-11-14(16)15(12)19-4-2-13(3-5-19)18-6-8-20-9-7-18;1-10-8-15-9-12(14)13(10)17-6-4-11(5-7-17)20(18,19)16(2)3/h10-11H,2-9,17H2,1H3;9-11H,4-8,17H2,1-3H3;10-11,13H,2-9,16H2,1H3;8-9,11H,4-7,14H2,1-3H3. The van der Waals surface area contributed by atoms with E-state index >= 15 is 0 Å². The Morgan fingerprint density at radius 2 is 0.939 bits per heavy atom. The van der Waals surface area contributed by atoms with Crippen molar-refractivity contribution in [1.29, 1.82) is 0 Å². The molecule has 2 amide bonds. The summed E-state index contributed by atoms with van der Waals surface area (Å²) < 4.78 is 58.8. The van der Waals surface area contributed by atoms with Crippen LogP contribution in [0.3, 0.4) is 0 Å². The Morgan fingerprint density at radius 3 is 1.35 bits per heavy atom. The second-order valence-corrected chi connectivity index (χ2v) is 26.5. The topological polar surface area (TPSA) is 245 Å². The van der Waals surface area contributed by atoms with Crippen molar-refractivity contribution in [1.82, 2.24) is 43.8 Å². The number of piperazine rings is 2. The van der Waals surface area contributed by atoms with Crippen molar-refractivity contribution < 1.29 is 26.7 Å². The zero-order valence-electron chi connectivity index (χ0n) is 49.9. The Kier molecular flexibility index (Phi) is 22.4. The monoisotopic (exact) mass is 1160 g/mol. The Labute approximate surface area is 486 Å². The molecule has 4 aromatic rings. The highest BCUT2D eigenvalue weighted by Crippen LogP contribution is 2.36. The Morgan fingerprint density at radius 1 is 0.561 bits per heavy atom. The molecule has 10 rings (SSSR count). The molecule has 6 saturated heterocycles. The molecule has 10 heterocycles. The van der Waals surface area contributed by atoms with Crippen LogP contribution in [0.1, 0.15) is 76.8 Å². The quantitative estimate of drug-likeness (QED) is 0.162. The number of pyridine rings is 4. The van der Waals surface area contributed by atoms with Crippen molar-refractivity contribution in [2.24, 2.45) is 11.3 Å². The number of carbonyl (C=O) groups is 1. The van der Waals surface area contributed by atoms with E-state index in [2.05, 4.69) is 79.2 Å². The van der Waals surface area contributed by atoms with Gasteiger partial charge in [0.05, 0.1) is 101 Å². The number of nitrogen functional groups attached to an aromatic ring is 4. The van der Waals surface area contributed by atoms with Gasteiger partial charge < -0.3 is 62.0 Å². The van der Waals surface area contributed by atoms with Crippen LogP contribution in [-0.2, 0) is 14.8 Å². The molecular formula is C58H93F2N17O4S. The third-order valence-electron chi connectivity index (χ3n) is 16.6. The fraction of sp³-hybridized carbons (Fsp3) is 0.638. The van der Waals surface area contributed by atoms with E-state index < -0.39 is 15.8 Å². The van der Waals surface area contributed by atoms with Crippen LogP contribution < -0.4 is 42.5 Å². The van der Waals surface area contributed by atoms with E-state index in [9.17, 15) is 22.0 Å². The van der Waals surface area contributed by atoms with E-state index in [1.54, 1.807) is 32.7 Å². The van der Waals surface area contributed by atoms with Gasteiger partial charge in [-0.05, 0) is 88.3 Å². The first kappa shape index (κ1) is 63.5. The Hall–Kier alpha value is -6.08. The summed E-state index contributed by atoms with van der Waals surface area (Å²) in [4.78, 5) is 45.4. The molecule has 0 atom stereocenters. The largest absolute Gasteiger partial charge is 0.396 e. The molecule has 21 nitrogen and oxygen atoms in total. The summed E-state index contributed by atoms with van der Waals surface area (Å²) in [6.45, 7) is 25.8. The number of anilines is 8. The lowest BCUT2D eigenvalue weighted by molar-refractivity contribution is 0.0115. The van der Waals surface area contributed by atoms with E-state index in [1.165, 1.54) is 59.6 Å². The van der Waals surface area contributed by atoms with Gasteiger partial charge in [0.2, 0.25) is 10.0 Å². The summed E-state index contributed by atoms with van der Waals surface area (Å²) in [5.74, 6) is 0.0143. The van der Waals surface area contributed by atoms with Crippen LogP contribution in [0, 0.1) is 36.8 Å². The van der Waals surface area contributed by atoms with Gasteiger partial charge in [0.15, 0.2) is 11.6 Å². The fourth-order valence-electron chi connectivity index (χ4n) is 12.2. The molecule has 0 saturated carbocycles. The normalized spacial score (nSPS) is 19.5. The summed E-state index contributed by atoms with van der Waals surface area (Å²) in [6, 6.07) is 0.791. The van der Waals surface area contributed by atoms with Gasteiger partial charge in [-0.2, -0.15) is 0 Å². The first-order valence-electron chi connectivity index (χ1n) is 29.2. The number of hydrogen-bond acceptors (Lipinski definition) is 18. The van der Waals surface area contributed by atoms with E-state index in [0.29, 0.717) is 92.0 Å². The number of aryl methyl sites for hydroxylation is 2. The molecule has 8 N–H and O–H groups in total. The van der Waals surface area contributed by atoms with Gasteiger partial charge in [-0.25, -0.2) is 26.3 Å². The molecule has 82 heavy (non-hydrogen) atoms. The van der Waals surface area contributed by atoms with Crippen molar-refractivity contribution in [2.75, 3.05) is 182 Å². The lowest BCUT2D eigenvalue weighted by atomic mass is 9.80. The SMILES string of the molecule is CC(C)(C)CC1CCN(c2c(N)cncc2F)CC1.CN1CCN(C(=O)N2CCN(c3c(N)cncc3F)CC2)CC1.Cc1cncc(N)c1N1CCC(N2CCOCC2)CC1.Cc1cncc(N)c1N1CCC(S(=O)(=O)N(C)C)CC1. The number of nitrogens with zero attached hydrogens (tertiary/aromatic N) is 13. The Balaban J connectivity index is 0.000000158. The van der Waals surface area contributed by atoms with Crippen LogP contribution in [0.25, 0.3) is 0 Å². The lowest BCUT2D eigenvalue weighted by Crippen LogP contribution is -2.56. The molecule has 0 radical (unpaired) electrons. The van der Waals surface area contributed by atoms with Crippen LogP contribution in [0.2, 0.25) is 0 Å². The number of nitrogens with two attached hydrogens (primary N) is 4. The maximum atomic E-state index is 13.9. The van der Waals surface area contributed by atoms with Gasteiger partial charge in [-0.15, -0.1) is 0 Å². The number of morpholine rings is 1. The van der Waals surface area contributed by atoms with Crippen molar-refractivity contribution >= 4 is 61.6 Å². The highest BCUT2D eigenvalue weighted by molar-refractivity contribution is 7.89. The molecule has 24 heteroatoms. The van der Waals surface area contributed by atoms with Gasteiger partial charge in [0.25, 0.3) is 0 Å². The molecule has 6 aliphatic rings. The first-order chi connectivity index (χ1) is 39.0. The molecule has 454 valence electrons. The highest BCUT2D eigenvalue weighted by Gasteiger charge is 2.34. The Bertz CT molecular complexity index is 2700. The van der Waals surface area contributed by atoms with Crippen LogP contribution in [0.15, 0.2) is 49.6 Å². The minimum Gasteiger partial charge on any atom is -0.396 e. The minimum absolute atomic E-state index is 0.0842. The number of amides is 2. The number of aromatic nitrogens is 4. The number of halogens is 2. The third kappa shape index (κ3) is 16.8. The maximum absolute atomic E-state index is 13.9. The van der Waals surface area contributed by atoms with Gasteiger partial charge in [-0.3, -0.25) is 24.8 Å². The number of hydrogen-bond donors (Lipinski definition) is 4. The van der Waals surface area contributed by atoms with Crippen molar-refractivity contribution in [3.05, 3.63) is 72.3 Å². The number of urea groups is 1. The molecule has 6 aliphatic heterocycles. The van der Waals surface area contributed by atoms with Gasteiger partial charge in [0.1, 0.15) is 0 Å². The average molecular weight is 1160 g/mol. The van der Waals surface area contributed by atoms with Crippen LogP contribution in [0.5, 0.6) is 0 Å². The van der Waals surface area contributed by atoms with Crippen LogP contribution in [0.4, 0.5) is 59.1 Å². The zero-order valence-corrected chi connectivity index (χ0v) is 50.8. The average Bonchev–Trinajstić information content (AvgIpc) is 3.51. The van der Waals surface area contributed by atoms with Crippen molar-refractivity contribution in [3.8, 4) is 0 Å². The predicted molar refractivity (Wildman–Crippen MR) is 327 cm³/mol. The summed E-state index contributed by atoms with van der Waals surface area (Å²) >= 11 is 0. The van der Waals surface area contributed by atoms with E-state index in [-0.39, 0.29) is 17.1 Å². The lowest BCUT2D eigenvalue weighted by Gasteiger charge is -2.41. The molecule has 0 bridgehead atoms. The minimum atomic E-state index is -3.16. The summed E-state index contributed by atoms with van der Waals surface area (Å²) in [5.41, 5.74) is 31.7. The molecule has 0 aliphatic carbocycles. The summed E-state index contributed by atoms with van der Waals surface area (Å²) in [5, 5.41) is -0.294. The number of piperidine rings is 3. The van der Waals surface area contributed by atoms with E-state index in [4.69, 9.17) is 27.7 Å². The van der Waals surface area contributed by atoms with E-state index in [1.807, 2.05) is 27.8 Å². The number of likely N-dealkylation sites (N-methyl/N-ethyl adjacent to an activating group) is 1. The maximum Gasteiger partial charge on any atom is 0.320 e. The smallest absolute Gasteiger partial charge is 0.320 e. The third-order valence-corrected chi connectivity index (χ3v) is 18.9. The molecular weight excluding hydrogens is 1070 g/mol. The van der Waals surface area contributed by atoms with Crippen LogP contribution in [-0.4, -0.2) is 209 Å². The molecule has 0 unspecified atom stereocenters. The second kappa shape index (κ2) is 28.9. The number of carbonyl (C=O) groups excluding carboxylic acids is 1. The molecule has 0 aromatic carbocycles.